The third-order valence-corrected chi connectivity index (χ3v) is 4.37. The van der Waals surface area contributed by atoms with Gasteiger partial charge in [-0.3, -0.25) is 9.59 Å². The molecule has 2 N–H and O–H groups in total. The molecule has 1 aliphatic rings. The summed E-state index contributed by atoms with van der Waals surface area (Å²) in [6.07, 6.45) is 4.08. The van der Waals surface area contributed by atoms with Crippen molar-refractivity contribution in [1.82, 2.24) is 5.32 Å². The van der Waals surface area contributed by atoms with Gasteiger partial charge in [-0.15, -0.1) is 0 Å². The van der Waals surface area contributed by atoms with Gasteiger partial charge in [-0.05, 0) is 36.5 Å². The zero-order valence-corrected chi connectivity index (χ0v) is 13.1. The molecular formula is C17H16ClNO4. The maximum atomic E-state index is 12.5. The lowest BCUT2D eigenvalue weighted by Gasteiger charge is -2.18. The Hall–Kier alpha value is -2.27. The van der Waals surface area contributed by atoms with E-state index < -0.39 is 17.9 Å². The Morgan fingerprint density at radius 3 is 2.83 bits per heavy atom. The molecule has 0 bridgehead atoms. The molecule has 0 radical (unpaired) electrons. The lowest BCUT2D eigenvalue weighted by molar-refractivity contribution is -0.137. The average molecular weight is 334 g/mol. The van der Waals surface area contributed by atoms with Crippen molar-refractivity contribution in [3.8, 4) is 0 Å². The number of carbonyl (C=O) groups excluding carboxylic acids is 1. The van der Waals surface area contributed by atoms with Crippen LogP contribution in [-0.4, -0.2) is 17.0 Å². The van der Waals surface area contributed by atoms with Crippen LogP contribution in [0.4, 0.5) is 0 Å². The molecule has 23 heavy (non-hydrogen) atoms. The predicted octanol–water partition coefficient (Wildman–Crippen LogP) is 3.37. The molecule has 1 amide bonds. The van der Waals surface area contributed by atoms with Gasteiger partial charge in [0.2, 0.25) is 0 Å². The van der Waals surface area contributed by atoms with E-state index in [0.29, 0.717) is 10.6 Å². The van der Waals surface area contributed by atoms with E-state index in [1.807, 2.05) is 0 Å². The molecule has 120 valence electrons. The minimum atomic E-state index is -1.01. The summed E-state index contributed by atoms with van der Waals surface area (Å²) < 4.78 is 5.38. The number of rotatable bonds is 5. The first-order valence-corrected chi connectivity index (χ1v) is 7.80. The fourth-order valence-electron chi connectivity index (χ4n) is 2.94. The van der Waals surface area contributed by atoms with Crippen LogP contribution < -0.4 is 5.32 Å². The number of aryl methyl sites for hydroxylation is 1. The lowest BCUT2D eigenvalue weighted by Crippen LogP contribution is -2.30. The van der Waals surface area contributed by atoms with Gasteiger partial charge in [0.15, 0.2) is 5.76 Å². The summed E-state index contributed by atoms with van der Waals surface area (Å²) in [4.78, 5) is 23.6. The SMILES string of the molecule is O=C(O)CC(NC(=O)c1occ2c1CCC2)c1ccccc1Cl. The number of furan rings is 1. The molecule has 1 atom stereocenters. The van der Waals surface area contributed by atoms with Gasteiger partial charge >= 0.3 is 5.97 Å². The highest BCUT2D eigenvalue weighted by molar-refractivity contribution is 6.31. The zero-order chi connectivity index (χ0) is 16.4. The number of halogens is 1. The van der Waals surface area contributed by atoms with Crippen LogP contribution in [0.1, 0.15) is 46.1 Å². The second-order valence-electron chi connectivity index (χ2n) is 5.57. The molecule has 0 fully saturated rings. The summed E-state index contributed by atoms with van der Waals surface area (Å²) in [6, 6.07) is 6.18. The molecule has 3 rings (SSSR count). The second kappa shape index (κ2) is 6.46. The Bertz CT molecular complexity index is 753. The maximum absolute atomic E-state index is 12.5. The van der Waals surface area contributed by atoms with E-state index in [2.05, 4.69) is 5.32 Å². The summed E-state index contributed by atoms with van der Waals surface area (Å²) >= 11 is 6.14. The summed E-state index contributed by atoms with van der Waals surface area (Å²) in [6.45, 7) is 0. The first kappa shape index (κ1) is 15.6. The van der Waals surface area contributed by atoms with Gasteiger partial charge in [0, 0.05) is 10.6 Å². The van der Waals surface area contributed by atoms with Crippen LogP contribution in [0.15, 0.2) is 34.9 Å². The number of benzene rings is 1. The van der Waals surface area contributed by atoms with E-state index in [4.69, 9.17) is 21.1 Å². The van der Waals surface area contributed by atoms with Gasteiger partial charge < -0.3 is 14.8 Å². The number of carboxylic acids is 1. The van der Waals surface area contributed by atoms with Crippen LogP contribution >= 0.6 is 11.6 Å². The Balaban J connectivity index is 1.85. The number of hydrogen-bond acceptors (Lipinski definition) is 3. The maximum Gasteiger partial charge on any atom is 0.305 e. The highest BCUT2D eigenvalue weighted by Gasteiger charge is 2.27. The molecular weight excluding hydrogens is 318 g/mol. The van der Waals surface area contributed by atoms with Crippen molar-refractivity contribution in [2.45, 2.75) is 31.7 Å². The quantitative estimate of drug-likeness (QED) is 0.879. The fourth-order valence-corrected chi connectivity index (χ4v) is 3.21. The molecule has 0 spiro atoms. The van der Waals surface area contributed by atoms with Gasteiger partial charge in [0.1, 0.15) is 0 Å². The van der Waals surface area contributed by atoms with Crippen molar-refractivity contribution in [2.24, 2.45) is 0 Å². The molecule has 1 aromatic heterocycles. The number of carboxylic acid groups (broad SMARTS) is 1. The monoisotopic (exact) mass is 333 g/mol. The third-order valence-electron chi connectivity index (χ3n) is 4.02. The van der Waals surface area contributed by atoms with E-state index in [1.165, 1.54) is 0 Å². The van der Waals surface area contributed by atoms with Crippen LogP contribution in [0.3, 0.4) is 0 Å². The van der Waals surface area contributed by atoms with Crippen molar-refractivity contribution in [1.29, 1.82) is 0 Å². The molecule has 0 saturated carbocycles. The lowest BCUT2D eigenvalue weighted by atomic mass is 10.0. The standard InChI is InChI=1S/C17H16ClNO4/c18-13-7-2-1-5-12(13)14(8-15(20)21)19-17(22)16-11-6-3-4-10(11)9-23-16/h1-2,5,7,9,14H,3-4,6,8H2,(H,19,22)(H,20,21). The molecule has 1 aliphatic carbocycles. The van der Waals surface area contributed by atoms with E-state index in [9.17, 15) is 9.59 Å². The van der Waals surface area contributed by atoms with E-state index in [1.54, 1.807) is 30.5 Å². The Kier molecular flexibility index (Phi) is 4.39. The summed E-state index contributed by atoms with van der Waals surface area (Å²) in [5.74, 6) is -1.14. The molecule has 2 aromatic rings. The van der Waals surface area contributed by atoms with Crippen LogP contribution in [0, 0.1) is 0 Å². The Morgan fingerprint density at radius 2 is 2.09 bits per heavy atom. The Labute approximate surface area is 138 Å². The van der Waals surface area contributed by atoms with Crippen LogP contribution in [-0.2, 0) is 17.6 Å². The van der Waals surface area contributed by atoms with Crippen LogP contribution in [0.2, 0.25) is 5.02 Å². The highest BCUT2D eigenvalue weighted by Crippen LogP contribution is 2.29. The van der Waals surface area contributed by atoms with Gasteiger partial charge in [-0.1, -0.05) is 29.8 Å². The van der Waals surface area contributed by atoms with Crippen molar-refractivity contribution in [3.63, 3.8) is 0 Å². The molecule has 1 aromatic carbocycles. The van der Waals surface area contributed by atoms with Gasteiger partial charge in [-0.25, -0.2) is 0 Å². The molecule has 1 unspecified atom stereocenters. The molecule has 6 heteroatoms. The summed E-state index contributed by atoms with van der Waals surface area (Å²) in [5, 5.41) is 12.3. The fraction of sp³-hybridized carbons (Fsp3) is 0.294. The van der Waals surface area contributed by atoms with E-state index in [0.717, 1.165) is 30.4 Å². The minimum absolute atomic E-state index is 0.252. The largest absolute Gasteiger partial charge is 0.481 e. The second-order valence-corrected chi connectivity index (χ2v) is 5.97. The topological polar surface area (TPSA) is 79.5 Å². The van der Waals surface area contributed by atoms with Crippen LogP contribution in [0.5, 0.6) is 0 Å². The zero-order valence-electron chi connectivity index (χ0n) is 12.3. The van der Waals surface area contributed by atoms with Crippen molar-refractivity contribution in [2.75, 3.05) is 0 Å². The van der Waals surface area contributed by atoms with Crippen molar-refractivity contribution >= 4 is 23.5 Å². The molecule has 0 saturated heterocycles. The van der Waals surface area contributed by atoms with E-state index in [-0.39, 0.29) is 12.2 Å². The smallest absolute Gasteiger partial charge is 0.305 e. The Morgan fingerprint density at radius 1 is 1.30 bits per heavy atom. The van der Waals surface area contributed by atoms with Crippen molar-refractivity contribution < 1.29 is 19.1 Å². The summed E-state index contributed by atoms with van der Waals surface area (Å²) in [5.41, 5.74) is 2.56. The number of fused-ring (bicyclic) bond motifs is 1. The number of carbonyl (C=O) groups is 2. The average Bonchev–Trinajstić information content (AvgIpc) is 3.09. The van der Waals surface area contributed by atoms with Crippen molar-refractivity contribution in [3.05, 3.63) is 58.0 Å². The molecule has 0 aliphatic heterocycles. The molecule has 5 nitrogen and oxygen atoms in total. The number of aliphatic carboxylic acids is 1. The van der Waals surface area contributed by atoms with Gasteiger partial charge in [0.25, 0.3) is 5.91 Å². The normalized spacial score (nSPS) is 14.3. The number of hydrogen-bond donors (Lipinski definition) is 2. The predicted molar refractivity (Wildman–Crippen MR) is 84.6 cm³/mol. The molecule has 1 heterocycles. The first-order valence-electron chi connectivity index (χ1n) is 7.42. The van der Waals surface area contributed by atoms with Gasteiger partial charge in [-0.2, -0.15) is 0 Å². The van der Waals surface area contributed by atoms with E-state index >= 15 is 0 Å². The number of amides is 1. The third kappa shape index (κ3) is 3.24. The number of nitrogens with one attached hydrogen (secondary N) is 1. The van der Waals surface area contributed by atoms with Gasteiger partial charge in [0.05, 0.1) is 18.7 Å². The summed E-state index contributed by atoms with van der Waals surface area (Å²) in [7, 11) is 0. The highest BCUT2D eigenvalue weighted by atomic mass is 35.5. The van der Waals surface area contributed by atoms with Crippen LogP contribution in [0.25, 0.3) is 0 Å². The minimum Gasteiger partial charge on any atom is -0.481 e. The first-order chi connectivity index (χ1) is 11.1.